The third-order valence-electron chi connectivity index (χ3n) is 3.70. The van der Waals surface area contributed by atoms with Crippen molar-refractivity contribution in [3.8, 4) is 0 Å². The lowest BCUT2D eigenvalue weighted by Crippen LogP contribution is -2.49. The first kappa shape index (κ1) is 19.6. The maximum Gasteiger partial charge on any atom is 0.320 e. The number of nitrogens with zero attached hydrogens (tertiary/aromatic N) is 2. The molecule has 1 aliphatic heterocycles. The standard InChI is InChI=1S/C18H26N2O4S/c1-18(2,3)24-17(21)15-19-10-12-20(13-11-19)25(22,23)14-9-16-7-5-4-6-8-16/h4-9,14H,10-13,15H2,1-3H3/b14-9+. The number of carbonyl (C=O) groups excluding carboxylic acids is 1. The second-order valence-corrected chi connectivity index (χ2v) is 8.84. The molecular formula is C18H26N2O4S. The van der Waals surface area contributed by atoms with E-state index in [1.165, 1.54) is 9.71 Å². The predicted octanol–water partition coefficient (Wildman–Crippen LogP) is 1.95. The third-order valence-corrected chi connectivity index (χ3v) is 5.26. The predicted molar refractivity (Wildman–Crippen MR) is 98.3 cm³/mol. The van der Waals surface area contributed by atoms with Crippen molar-refractivity contribution in [1.29, 1.82) is 0 Å². The summed E-state index contributed by atoms with van der Waals surface area (Å²) in [6, 6.07) is 9.31. The number of carbonyl (C=O) groups is 1. The molecule has 0 bridgehead atoms. The zero-order valence-corrected chi connectivity index (χ0v) is 15.8. The Morgan fingerprint density at radius 3 is 2.28 bits per heavy atom. The number of benzene rings is 1. The minimum Gasteiger partial charge on any atom is -0.459 e. The van der Waals surface area contributed by atoms with Crippen molar-refractivity contribution in [3.05, 3.63) is 41.3 Å². The Bertz CT molecular complexity index is 700. The lowest BCUT2D eigenvalue weighted by molar-refractivity contribution is -0.156. The van der Waals surface area contributed by atoms with Crippen LogP contribution in [0.1, 0.15) is 26.3 Å². The van der Waals surface area contributed by atoms with Gasteiger partial charge in [0.15, 0.2) is 0 Å². The summed E-state index contributed by atoms with van der Waals surface area (Å²) < 4.78 is 31.5. The van der Waals surface area contributed by atoms with E-state index in [9.17, 15) is 13.2 Å². The molecule has 1 heterocycles. The molecule has 2 rings (SSSR count). The summed E-state index contributed by atoms with van der Waals surface area (Å²) in [5, 5.41) is 1.24. The molecule has 0 spiro atoms. The first-order valence-electron chi connectivity index (χ1n) is 8.33. The Labute approximate surface area is 150 Å². The highest BCUT2D eigenvalue weighted by Crippen LogP contribution is 2.13. The van der Waals surface area contributed by atoms with E-state index < -0.39 is 15.6 Å². The zero-order chi connectivity index (χ0) is 18.5. The summed E-state index contributed by atoms with van der Waals surface area (Å²) in [6.07, 6.45) is 1.60. The van der Waals surface area contributed by atoms with Crippen LogP contribution in [0.5, 0.6) is 0 Å². The molecule has 0 radical (unpaired) electrons. The normalized spacial score (nSPS) is 17.7. The molecule has 1 aliphatic rings. The van der Waals surface area contributed by atoms with Crippen LogP contribution in [0.2, 0.25) is 0 Å². The minimum absolute atomic E-state index is 0.186. The second kappa shape index (κ2) is 8.12. The summed E-state index contributed by atoms with van der Waals surface area (Å²) in [5.74, 6) is -0.284. The molecule has 1 saturated heterocycles. The van der Waals surface area contributed by atoms with Crippen LogP contribution in [-0.4, -0.2) is 61.9 Å². The molecule has 138 valence electrons. The van der Waals surface area contributed by atoms with Crippen LogP contribution >= 0.6 is 0 Å². The first-order chi connectivity index (χ1) is 11.7. The van der Waals surface area contributed by atoms with E-state index in [0.29, 0.717) is 26.2 Å². The molecule has 1 aromatic carbocycles. The Hall–Kier alpha value is -1.70. The summed E-state index contributed by atoms with van der Waals surface area (Å²) in [6.45, 7) is 7.42. The van der Waals surface area contributed by atoms with Crippen molar-refractivity contribution >= 4 is 22.1 Å². The van der Waals surface area contributed by atoms with Gasteiger partial charge in [0.05, 0.1) is 6.54 Å². The van der Waals surface area contributed by atoms with E-state index in [0.717, 1.165) is 5.56 Å². The van der Waals surface area contributed by atoms with Crippen LogP contribution in [0.4, 0.5) is 0 Å². The SMILES string of the molecule is CC(C)(C)OC(=O)CN1CCN(S(=O)(=O)/C=C/c2ccccc2)CC1. The Morgan fingerprint density at radius 2 is 1.72 bits per heavy atom. The fraction of sp³-hybridized carbons (Fsp3) is 0.500. The largest absolute Gasteiger partial charge is 0.459 e. The lowest BCUT2D eigenvalue weighted by Gasteiger charge is -2.33. The molecule has 6 nitrogen and oxygen atoms in total. The van der Waals surface area contributed by atoms with Gasteiger partial charge in [-0.2, -0.15) is 4.31 Å². The Kier molecular flexibility index (Phi) is 6.37. The molecule has 0 aliphatic carbocycles. The summed E-state index contributed by atoms with van der Waals surface area (Å²) in [5.41, 5.74) is 0.333. The number of esters is 1. The number of hydrogen-bond acceptors (Lipinski definition) is 5. The monoisotopic (exact) mass is 366 g/mol. The molecule has 25 heavy (non-hydrogen) atoms. The molecule has 7 heteroatoms. The molecule has 0 unspecified atom stereocenters. The van der Waals surface area contributed by atoms with Gasteiger partial charge < -0.3 is 4.74 Å². The maximum atomic E-state index is 12.4. The van der Waals surface area contributed by atoms with Crippen molar-refractivity contribution < 1.29 is 17.9 Å². The topological polar surface area (TPSA) is 66.9 Å². The van der Waals surface area contributed by atoms with Gasteiger partial charge in [-0.3, -0.25) is 9.69 Å². The van der Waals surface area contributed by atoms with E-state index in [2.05, 4.69) is 0 Å². The molecule has 0 atom stereocenters. The van der Waals surface area contributed by atoms with Crippen LogP contribution in [0.3, 0.4) is 0 Å². The molecular weight excluding hydrogens is 340 g/mol. The van der Waals surface area contributed by atoms with Gasteiger partial charge in [0, 0.05) is 31.6 Å². The number of ether oxygens (including phenoxy) is 1. The van der Waals surface area contributed by atoms with E-state index in [-0.39, 0.29) is 12.5 Å². The quantitative estimate of drug-likeness (QED) is 0.745. The lowest BCUT2D eigenvalue weighted by atomic mass is 10.2. The molecule has 1 fully saturated rings. The molecule has 0 aromatic heterocycles. The van der Waals surface area contributed by atoms with Gasteiger partial charge in [-0.1, -0.05) is 30.3 Å². The average Bonchev–Trinajstić information content (AvgIpc) is 2.53. The van der Waals surface area contributed by atoms with Crippen LogP contribution in [0.15, 0.2) is 35.7 Å². The zero-order valence-electron chi connectivity index (χ0n) is 15.0. The summed E-state index contributed by atoms with van der Waals surface area (Å²) >= 11 is 0. The average molecular weight is 366 g/mol. The second-order valence-electron chi connectivity index (χ2n) is 7.02. The summed E-state index contributed by atoms with van der Waals surface area (Å²) in [4.78, 5) is 13.8. The van der Waals surface area contributed by atoms with Crippen LogP contribution in [0.25, 0.3) is 6.08 Å². The van der Waals surface area contributed by atoms with E-state index in [1.54, 1.807) is 6.08 Å². The number of rotatable bonds is 5. The molecule has 0 saturated carbocycles. The van der Waals surface area contributed by atoms with E-state index in [4.69, 9.17) is 4.74 Å². The fourth-order valence-electron chi connectivity index (χ4n) is 2.51. The first-order valence-corrected chi connectivity index (χ1v) is 9.83. The van der Waals surface area contributed by atoms with E-state index in [1.807, 2.05) is 56.0 Å². The van der Waals surface area contributed by atoms with E-state index >= 15 is 0 Å². The van der Waals surface area contributed by atoms with Gasteiger partial charge >= 0.3 is 5.97 Å². The van der Waals surface area contributed by atoms with Gasteiger partial charge in [-0.05, 0) is 32.4 Å². The minimum atomic E-state index is -3.45. The fourth-order valence-corrected chi connectivity index (χ4v) is 3.69. The number of sulfonamides is 1. The van der Waals surface area contributed by atoms with Gasteiger partial charge in [-0.25, -0.2) is 8.42 Å². The number of hydrogen-bond donors (Lipinski definition) is 0. The van der Waals surface area contributed by atoms with Gasteiger partial charge in [0.25, 0.3) is 0 Å². The Balaban J connectivity index is 1.86. The Morgan fingerprint density at radius 1 is 1.12 bits per heavy atom. The smallest absolute Gasteiger partial charge is 0.320 e. The van der Waals surface area contributed by atoms with Gasteiger partial charge in [-0.15, -0.1) is 0 Å². The molecule has 0 amide bonds. The highest BCUT2D eigenvalue weighted by molar-refractivity contribution is 7.92. The van der Waals surface area contributed by atoms with Crippen molar-refractivity contribution in [3.63, 3.8) is 0 Å². The van der Waals surface area contributed by atoms with Crippen molar-refractivity contribution in [2.24, 2.45) is 0 Å². The van der Waals surface area contributed by atoms with Crippen LogP contribution in [0, 0.1) is 0 Å². The highest BCUT2D eigenvalue weighted by atomic mass is 32.2. The van der Waals surface area contributed by atoms with Crippen LogP contribution < -0.4 is 0 Å². The van der Waals surface area contributed by atoms with Gasteiger partial charge in [0.1, 0.15) is 5.60 Å². The van der Waals surface area contributed by atoms with Crippen molar-refractivity contribution in [1.82, 2.24) is 9.21 Å². The number of piperazine rings is 1. The highest BCUT2D eigenvalue weighted by Gasteiger charge is 2.27. The van der Waals surface area contributed by atoms with Crippen molar-refractivity contribution in [2.75, 3.05) is 32.7 Å². The maximum absolute atomic E-state index is 12.4. The summed E-state index contributed by atoms with van der Waals surface area (Å²) in [7, 11) is -3.45. The molecule has 0 N–H and O–H groups in total. The third kappa shape index (κ3) is 6.61. The van der Waals surface area contributed by atoms with Gasteiger partial charge in [0.2, 0.25) is 10.0 Å². The molecule has 1 aromatic rings. The van der Waals surface area contributed by atoms with Crippen molar-refractivity contribution in [2.45, 2.75) is 26.4 Å². The van der Waals surface area contributed by atoms with Crippen LogP contribution in [-0.2, 0) is 19.6 Å².